The zero-order valence-corrected chi connectivity index (χ0v) is 43.1. The molecule has 0 saturated heterocycles. The number of hydrogen-bond donors (Lipinski definition) is 0. The molecule has 4 heterocycles. The monoisotopic (exact) mass is 907 g/mol. The van der Waals surface area contributed by atoms with E-state index in [4.69, 9.17) is 31.5 Å². The van der Waals surface area contributed by atoms with Crippen molar-refractivity contribution < 1.29 is 0 Å². The lowest BCUT2D eigenvalue weighted by molar-refractivity contribution is 0.403. The third-order valence-electron chi connectivity index (χ3n) is 15.5. The first-order valence-corrected chi connectivity index (χ1v) is 25.0. The standard InChI is InChI=1S/C60H67ClN6/c1-55(2,3)53-64-45-26-34(19-21-39(45)51-62-47-28-41-43(30-49(47)66(51)53)59(11,12)32-57(41,7)8)15-17-36-23-37(25-38(61)24-36)18-16-35-20-22-40-46(27-35)65-54(56(4,5)6)67-50-31-44-42(29-48(50)63-52(40)67)58(9,10)33-60(44,13)14/h19-31H,15-18,32-33H2,1-14H3. The minimum absolute atomic E-state index is 0.107. The molecule has 0 spiro atoms. The van der Waals surface area contributed by atoms with Crippen molar-refractivity contribution in [3.05, 3.63) is 140 Å². The molecule has 0 aliphatic heterocycles. The van der Waals surface area contributed by atoms with Gasteiger partial charge in [-0.15, -0.1) is 0 Å². The quantitative estimate of drug-likeness (QED) is 0.167. The van der Waals surface area contributed by atoms with Crippen molar-refractivity contribution in [2.24, 2.45) is 0 Å². The Morgan fingerprint density at radius 3 is 1.16 bits per heavy atom. The van der Waals surface area contributed by atoms with Gasteiger partial charge >= 0.3 is 0 Å². The van der Waals surface area contributed by atoms with Crippen molar-refractivity contribution in [2.45, 2.75) is 168 Å². The molecule has 6 nitrogen and oxygen atoms in total. The van der Waals surface area contributed by atoms with Gasteiger partial charge in [-0.2, -0.15) is 0 Å². The first-order chi connectivity index (χ1) is 31.3. The van der Waals surface area contributed by atoms with Crippen molar-refractivity contribution in [3.63, 3.8) is 0 Å². The summed E-state index contributed by atoms with van der Waals surface area (Å²) < 4.78 is 4.68. The van der Waals surface area contributed by atoms with Crippen molar-refractivity contribution in [1.82, 2.24) is 28.7 Å². The Morgan fingerprint density at radius 1 is 0.433 bits per heavy atom. The lowest BCUT2D eigenvalue weighted by Crippen LogP contribution is -2.19. The van der Waals surface area contributed by atoms with Crippen LogP contribution in [0.5, 0.6) is 0 Å². The minimum Gasteiger partial charge on any atom is -0.279 e. The van der Waals surface area contributed by atoms with E-state index in [1.807, 2.05) is 0 Å². The Morgan fingerprint density at radius 2 is 0.791 bits per heavy atom. The van der Waals surface area contributed by atoms with E-state index in [1.165, 1.54) is 44.5 Å². The van der Waals surface area contributed by atoms with Crippen LogP contribution in [0, 0.1) is 0 Å². The molecule has 0 bridgehead atoms. The summed E-state index contributed by atoms with van der Waals surface area (Å²) in [6, 6.07) is 29.8. The molecule has 11 rings (SSSR count). The zero-order valence-electron chi connectivity index (χ0n) is 42.3. The van der Waals surface area contributed by atoms with Crippen molar-refractivity contribution >= 4 is 66.8 Å². The fraction of sp³-hybridized carbons (Fsp3) is 0.433. The van der Waals surface area contributed by atoms with Gasteiger partial charge in [-0.1, -0.05) is 127 Å². The molecule has 0 fully saturated rings. The third kappa shape index (κ3) is 7.17. The highest BCUT2D eigenvalue weighted by Gasteiger charge is 2.44. The molecule has 0 radical (unpaired) electrons. The summed E-state index contributed by atoms with van der Waals surface area (Å²) in [5, 5.41) is 2.97. The van der Waals surface area contributed by atoms with Gasteiger partial charge in [0.2, 0.25) is 0 Å². The van der Waals surface area contributed by atoms with Gasteiger partial charge in [-0.3, -0.25) is 8.80 Å². The molecular formula is C60H67ClN6. The molecule has 0 N–H and O–H groups in total. The summed E-state index contributed by atoms with van der Waals surface area (Å²) in [5.41, 5.74) is 19.2. The molecule has 4 aromatic heterocycles. The van der Waals surface area contributed by atoms with Crippen LogP contribution in [-0.2, 0) is 58.2 Å². The lowest BCUT2D eigenvalue weighted by Gasteiger charge is -2.22. The topological polar surface area (TPSA) is 60.4 Å². The van der Waals surface area contributed by atoms with Crippen molar-refractivity contribution in [1.29, 1.82) is 0 Å². The van der Waals surface area contributed by atoms with Gasteiger partial charge in [0, 0.05) is 26.6 Å². The second-order valence-corrected chi connectivity index (χ2v) is 25.7. The normalized spacial score (nSPS) is 17.5. The van der Waals surface area contributed by atoms with Crippen LogP contribution >= 0.6 is 11.6 Å². The number of hydrogen-bond acceptors (Lipinski definition) is 4. The van der Waals surface area contributed by atoms with Gasteiger partial charge in [-0.05, 0) is 165 Å². The van der Waals surface area contributed by atoms with Gasteiger partial charge in [0.05, 0.1) is 33.1 Å². The molecule has 0 unspecified atom stereocenters. The van der Waals surface area contributed by atoms with Crippen LogP contribution in [0.1, 0.15) is 166 Å². The summed E-state index contributed by atoms with van der Waals surface area (Å²) in [4.78, 5) is 21.6. The van der Waals surface area contributed by atoms with Crippen LogP contribution in [0.4, 0.5) is 0 Å². The van der Waals surface area contributed by atoms with Crippen LogP contribution in [0.25, 0.3) is 55.2 Å². The molecule has 67 heavy (non-hydrogen) atoms. The number of halogens is 1. The molecule has 0 atom stereocenters. The van der Waals surface area contributed by atoms with Gasteiger partial charge in [-0.25, -0.2) is 19.9 Å². The maximum atomic E-state index is 6.86. The van der Waals surface area contributed by atoms with E-state index < -0.39 is 0 Å². The lowest BCUT2D eigenvalue weighted by atomic mass is 9.82. The van der Waals surface area contributed by atoms with Crippen molar-refractivity contribution in [2.75, 3.05) is 0 Å². The summed E-state index contributed by atoms with van der Waals surface area (Å²) in [6.45, 7) is 32.6. The Bertz CT molecular complexity index is 3330. The van der Waals surface area contributed by atoms with Gasteiger partial charge < -0.3 is 0 Å². The number of nitrogens with zero attached hydrogens (tertiary/aromatic N) is 6. The van der Waals surface area contributed by atoms with E-state index >= 15 is 0 Å². The Hall–Kier alpha value is -5.33. The second kappa shape index (κ2) is 14.4. The van der Waals surface area contributed by atoms with E-state index in [0.29, 0.717) is 0 Å². The summed E-state index contributed by atoms with van der Waals surface area (Å²) in [6.07, 6.45) is 5.82. The smallest absolute Gasteiger partial charge is 0.148 e. The van der Waals surface area contributed by atoms with Crippen LogP contribution in [0.2, 0.25) is 5.02 Å². The first-order valence-electron chi connectivity index (χ1n) is 24.7. The van der Waals surface area contributed by atoms with E-state index in [0.717, 1.165) is 110 Å². The van der Waals surface area contributed by atoms with Crippen LogP contribution in [0.3, 0.4) is 0 Å². The Balaban J connectivity index is 0.869. The molecule has 344 valence electrons. The highest BCUT2D eigenvalue weighted by molar-refractivity contribution is 6.30. The van der Waals surface area contributed by atoms with Crippen LogP contribution in [0.15, 0.2) is 78.9 Å². The van der Waals surface area contributed by atoms with E-state index in [1.54, 1.807) is 0 Å². The number of imidazole rings is 2. The number of benzene rings is 5. The third-order valence-corrected chi connectivity index (χ3v) is 15.7. The van der Waals surface area contributed by atoms with E-state index in [-0.39, 0.29) is 32.5 Å². The molecule has 9 aromatic rings. The summed E-state index contributed by atoms with van der Waals surface area (Å²) in [5.74, 6) is 2.08. The Kier molecular flexibility index (Phi) is 9.47. The molecular weight excluding hydrogens is 840 g/mol. The summed E-state index contributed by atoms with van der Waals surface area (Å²) in [7, 11) is 0. The second-order valence-electron chi connectivity index (χ2n) is 25.2. The molecule has 7 heteroatoms. The van der Waals surface area contributed by atoms with Crippen LogP contribution in [-0.4, -0.2) is 28.7 Å². The molecule has 5 aromatic carbocycles. The number of fused-ring (bicyclic) bond motifs is 12. The number of rotatable bonds is 6. The largest absolute Gasteiger partial charge is 0.279 e. The van der Waals surface area contributed by atoms with Gasteiger partial charge in [0.1, 0.15) is 22.9 Å². The number of aryl methyl sites for hydroxylation is 4. The van der Waals surface area contributed by atoms with Crippen molar-refractivity contribution in [3.8, 4) is 0 Å². The average molecular weight is 908 g/mol. The maximum absolute atomic E-state index is 6.86. The fourth-order valence-electron chi connectivity index (χ4n) is 12.8. The van der Waals surface area contributed by atoms with E-state index in [9.17, 15) is 0 Å². The van der Waals surface area contributed by atoms with Gasteiger partial charge in [0.15, 0.2) is 0 Å². The van der Waals surface area contributed by atoms with Crippen LogP contribution < -0.4 is 0 Å². The summed E-state index contributed by atoms with van der Waals surface area (Å²) >= 11 is 6.86. The molecule has 2 aliphatic carbocycles. The Labute approximate surface area is 401 Å². The molecule has 0 amide bonds. The SMILES string of the molecule is CC(C)(C)c1nc2cc(CCc3cc(Cl)cc(CCc4ccc5c(c4)nc(C(C)(C)C)n4c6cc7c(cc6nc54)C(C)(C)CC7(C)C)c3)ccc2c2nc3cc4c(cc3n12)C(C)(C)CC4(C)C. The average Bonchev–Trinajstić information content (AvgIpc) is 3.90. The predicted molar refractivity (Wildman–Crippen MR) is 281 cm³/mol. The molecule has 0 saturated carbocycles. The maximum Gasteiger partial charge on any atom is 0.148 e. The fourth-order valence-corrected chi connectivity index (χ4v) is 13.1. The predicted octanol–water partition coefficient (Wildman–Crippen LogP) is 15.1. The highest BCUT2D eigenvalue weighted by Crippen LogP contribution is 2.52. The minimum atomic E-state index is -0.184. The van der Waals surface area contributed by atoms with Gasteiger partial charge in [0.25, 0.3) is 0 Å². The zero-order chi connectivity index (χ0) is 47.5. The number of aromatic nitrogens is 6. The first kappa shape index (κ1) is 44.2. The highest BCUT2D eigenvalue weighted by atomic mass is 35.5. The molecule has 2 aliphatic rings. The van der Waals surface area contributed by atoms with E-state index in [2.05, 4.69) is 185 Å².